The zero-order valence-electron chi connectivity index (χ0n) is 13.7. The summed E-state index contributed by atoms with van der Waals surface area (Å²) >= 11 is 0. The molecule has 126 valence electrons. The summed E-state index contributed by atoms with van der Waals surface area (Å²) < 4.78 is 20.2. The van der Waals surface area contributed by atoms with Gasteiger partial charge in [-0.3, -0.25) is 0 Å². The van der Waals surface area contributed by atoms with Crippen LogP contribution in [0.3, 0.4) is 0 Å². The Hall–Kier alpha value is -1.82. The van der Waals surface area contributed by atoms with Crippen molar-refractivity contribution in [1.82, 2.24) is 4.90 Å². The van der Waals surface area contributed by atoms with Crippen molar-refractivity contribution >= 4 is 17.4 Å². The lowest BCUT2D eigenvalue weighted by atomic mass is 10.2. The molecule has 1 aromatic rings. The third kappa shape index (κ3) is 3.75. The molecule has 2 aliphatic heterocycles. The second-order valence-electron chi connectivity index (χ2n) is 6.45. The number of hydrogen-bond donors (Lipinski definition) is 1. The van der Waals surface area contributed by atoms with Gasteiger partial charge >= 0.3 is 6.03 Å². The molecule has 0 bridgehead atoms. The highest BCUT2D eigenvalue weighted by Gasteiger charge is 2.24. The molecule has 23 heavy (non-hydrogen) atoms. The average Bonchev–Trinajstić information content (AvgIpc) is 3.00. The average molecular weight is 321 g/mol. The molecule has 0 spiro atoms. The molecule has 0 radical (unpaired) electrons. The number of anilines is 2. The van der Waals surface area contributed by atoms with Crippen molar-refractivity contribution in [2.24, 2.45) is 0 Å². The van der Waals surface area contributed by atoms with Gasteiger partial charge in [0.25, 0.3) is 0 Å². The fraction of sp³-hybridized carbons (Fsp3) is 0.588. The van der Waals surface area contributed by atoms with Crippen molar-refractivity contribution < 1.29 is 13.9 Å². The van der Waals surface area contributed by atoms with Crippen molar-refractivity contribution in [1.29, 1.82) is 0 Å². The SMILES string of the molecule is C[C@@H]1CN(c2ccc(NC(=O)N3CCCC3)cc2F)C[C@H](C)O1. The molecule has 0 aromatic heterocycles. The van der Waals surface area contributed by atoms with Crippen molar-refractivity contribution in [3.8, 4) is 0 Å². The van der Waals surface area contributed by atoms with Gasteiger partial charge in [0.2, 0.25) is 0 Å². The van der Waals surface area contributed by atoms with Crippen molar-refractivity contribution in [2.75, 3.05) is 36.4 Å². The normalized spacial score (nSPS) is 24.8. The smallest absolute Gasteiger partial charge is 0.321 e. The first-order valence-electron chi connectivity index (χ1n) is 8.29. The highest BCUT2D eigenvalue weighted by atomic mass is 19.1. The maximum Gasteiger partial charge on any atom is 0.321 e. The minimum Gasteiger partial charge on any atom is -0.372 e. The molecule has 2 aliphatic rings. The molecule has 2 fully saturated rings. The van der Waals surface area contributed by atoms with Gasteiger partial charge in [-0.15, -0.1) is 0 Å². The van der Waals surface area contributed by atoms with Crippen molar-refractivity contribution in [3.05, 3.63) is 24.0 Å². The number of amides is 2. The Balaban J connectivity index is 1.69. The van der Waals surface area contributed by atoms with E-state index in [2.05, 4.69) is 5.32 Å². The fourth-order valence-electron chi connectivity index (χ4n) is 3.34. The van der Waals surface area contributed by atoms with E-state index >= 15 is 0 Å². The molecule has 2 amide bonds. The van der Waals surface area contributed by atoms with Gasteiger partial charge in [0.05, 0.1) is 17.9 Å². The number of carbonyl (C=O) groups is 1. The Kier molecular flexibility index (Phi) is 4.71. The van der Waals surface area contributed by atoms with Gasteiger partial charge in [0.15, 0.2) is 0 Å². The van der Waals surface area contributed by atoms with E-state index < -0.39 is 0 Å². The zero-order chi connectivity index (χ0) is 16.4. The highest BCUT2D eigenvalue weighted by molar-refractivity contribution is 5.89. The fourth-order valence-corrected chi connectivity index (χ4v) is 3.34. The zero-order valence-corrected chi connectivity index (χ0v) is 13.7. The van der Waals surface area contributed by atoms with Crippen LogP contribution in [0.25, 0.3) is 0 Å². The van der Waals surface area contributed by atoms with Crippen LogP contribution in [-0.4, -0.2) is 49.3 Å². The van der Waals surface area contributed by atoms with Gasteiger partial charge in [-0.1, -0.05) is 0 Å². The van der Waals surface area contributed by atoms with Crippen LogP contribution in [0.1, 0.15) is 26.7 Å². The largest absolute Gasteiger partial charge is 0.372 e. The first-order chi connectivity index (χ1) is 11.0. The van der Waals surface area contributed by atoms with E-state index in [0.29, 0.717) is 24.5 Å². The molecule has 0 aliphatic carbocycles. The molecule has 1 aromatic carbocycles. The number of nitrogens with one attached hydrogen (secondary N) is 1. The van der Waals surface area contributed by atoms with E-state index in [0.717, 1.165) is 25.9 Å². The Morgan fingerprint density at radius 2 is 1.87 bits per heavy atom. The topological polar surface area (TPSA) is 44.8 Å². The molecule has 0 unspecified atom stereocenters. The molecule has 0 saturated carbocycles. The number of nitrogens with zero attached hydrogens (tertiary/aromatic N) is 2. The molecule has 6 heteroatoms. The lowest BCUT2D eigenvalue weighted by Gasteiger charge is -2.37. The molecular weight excluding hydrogens is 297 g/mol. The minimum atomic E-state index is -0.314. The van der Waals surface area contributed by atoms with Crippen LogP contribution in [0.5, 0.6) is 0 Å². The van der Waals surface area contributed by atoms with E-state index in [4.69, 9.17) is 4.74 Å². The third-order valence-corrected chi connectivity index (χ3v) is 4.35. The number of likely N-dealkylation sites (tertiary alicyclic amines) is 1. The summed E-state index contributed by atoms with van der Waals surface area (Å²) in [6.07, 6.45) is 2.22. The van der Waals surface area contributed by atoms with Gasteiger partial charge in [0.1, 0.15) is 5.82 Å². The van der Waals surface area contributed by atoms with Gasteiger partial charge in [0, 0.05) is 31.9 Å². The van der Waals surface area contributed by atoms with Crippen LogP contribution in [0.4, 0.5) is 20.6 Å². The summed E-state index contributed by atoms with van der Waals surface area (Å²) in [6.45, 7) is 6.86. The third-order valence-electron chi connectivity index (χ3n) is 4.35. The van der Waals surface area contributed by atoms with Crippen LogP contribution in [0.15, 0.2) is 18.2 Å². The monoisotopic (exact) mass is 321 g/mol. The maximum absolute atomic E-state index is 14.5. The Morgan fingerprint density at radius 3 is 2.48 bits per heavy atom. The summed E-state index contributed by atoms with van der Waals surface area (Å²) in [5.74, 6) is -0.314. The summed E-state index contributed by atoms with van der Waals surface area (Å²) in [5, 5.41) is 2.78. The Labute approximate surface area is 136 Å². The van der Waals surface area contributed by atoms with Crippen molar-refractivity contribution in [3.63, 3.8) is 0 Å². The molecule has 2 atom stereocenters. The van der Waals surface area contributed by atoms with E-state index in [-0.39, 0.29) is 24.1 Å². The van der Waals surface area contributed by atoms with Crippen molar-refractivity contribution in [2.45, 2.75) is 38.9 Å². The van der Waals surface area contributed by atoms with E-state index in [9.17, 15) is 9.18 Å². The number of benzene rings is 1. The summed E-state index contributed by atoms with van der Waals surface area (Å²) in [5.41, 5.74) is 1.06. The van der Waals surface area contributed by atoms with Gasteiger partial charge in [-0.05, 0) is 44.9 Å². The first-order valence-corrected chi connectivity index (χ1v) is 8.29. The molecule has 3 rings (SSSR count). The lowest BCUT2D eigenvalue weighted by molar-refractivity contribution is -0.00539. The number of ether oxygens (including phenoxy) is 1. The van der Waals surface area contributed by atoms with E-state index in [1.54, 1.807) is 17.0 Å². The summed E-state index contributed by atoms with van der Waals surface area (Å²) in [7, 11) is 0. The molecule has 2 saturated heterocycles. The number of rotatable bonds is 2. The van der Waals surface area contributed by atoms with E-state index in [1.807, 2.05) is 18.7 Å². The van der Waals surface area contributed by atoms with Gasteiger partial charge in [-0.25, -0.2) is 9.18 Å². The predicted molar refractivity (Wildman–Crippen MR) is 88.4 cm³/mol. The first kappa shape index (κ1) is 16.1. The Morgan fingerprint density at radius 1 is 1.22 bits per heavy atom. The molecule has 2 heterocycles. The van der Waals surface area contributed by atoms with Crippen LogP contribution in [0.2, 0.25) is 0 Å². The van der Waals surface area contributed by atoms with E-state index in [1.165, 1.54) is 6.07 Å². The van der Waals surface area contributed by atoms with Gasteiger partial charge < -0.3 is 19.9 Å². The molecule has 1 N–H and O–H groups in total. The van der Waals surface area contributed by atoms with Crippen LogP contribution >= 0.6 is 0 Å². The molecule has 5 nitrogen and oxygen atoms in total. The number of carbonyl (C=O) groups excluding carboxylic acids is 1. The predicted octanol–water partition coefficient (Wildman–Crippen LogP) is 3.07. The van der Waals surface area contributed by atoms with Crippen LogP contribution in [0, 0.1) is 5.82 Å². The second-order valence-corrected chi connectivity index (χ2v) is 6.45. The minimum absolute atomic E-state index is 0.0766. The van der Waals surface area contributed by atoms with Crippen LogP contribution < -0.4 is 10.2 Å². The highest BCUT2D eigenvalue weighted by Crippen LogP contribution is 2.26. The number of hydrogen-bond acceptors (Lipinski definition) is 3. The number of urea groups is 1. The maximum atomic E-state index is 14.5. The van der Waals surface area contributed by atoms with Gasteiger partial charge in [-0.2, -0.15) is 0 Å². The lowest BCUT2D eigenvalue weighted by Crippen LogP contribution is -2.45. The standard InChI is InChI=1S/C17H24FN3O2/c1-12-10-21(11-13(2)23-12)16-6-5-14(9-15(16)18)19-17(22)20-7-3-4-8-20/h5-6,9,12-13H,3-4,7-8,10-11H2,1-2H3,(H,19,22)/t12-,13+. The summed E-state index contributed by atoms with van der Waals surface area (Å²) in [4.78, 5) is 15.8. The van der Waals surface area contributed by atoms with Crippen LogP contribution in [-0.2, 0) is 4.74 Å². The summed E-state index contributed by atoms with van der Waals surface area (Å²) in [6, 6.07) is 4.74. The molecular formula is C17H24FN3O2. The quantitative estimate of drug-likeness (QED) is 0.910. The second kappa shape index (κ2) is 6.74. The Bertz CT molecular complexity index is 565. The number of morpholine rings is 1. The number of halogens is 1.